The smallest absolute Gasteiger partial charge is 0.124 e. The maximum atomic E-state index is 11.2. The highest BCUT2D eigenvalue weighted by molar-refractivity contribution is 7.83. The summed E-state index contributed by atoms with van der Waals surface area (Å²) < 4.78 is 13.8. The van der Waals surface area contributed by atoms with Crippen molar-refractivity contribution < 1.29 is 4.21 Å². The van der Waals surface area contributed by atoms with Gasteiger partial charge in [-0.05, 0) is 25.2 Å². The van der Waals surface area contributed by atoms with E-state index in [0.717, 1.165) is 0 Å². The lowest BCUT2D eigenvalue weighted by Gasteiger charge is -2.02. The summed E-state index contributed by atoms with van der Waals surface area (Å²) in [4.78, 5) is 0.624. The molecule has 0 aliphatic rings. The zero-order chi connectivity index (χ0) is 9.14. The third-order valence-electron chi connectivity index (χ3n) is 1.37. The molecule has 0 heterocycles. The molecule has 3 N–H and O–H groups in total. The molecule has 0 spiro atoms. The van der Waals surface area contributed by atoms with Crippen molar-refractivity contribution in [3.63, 3.8) is 0 Å². The fourth-order valence-corrected chi connectivity index (χ4v) is 1.53. The van der Waals surface area contributed by atoms with E-state index in [4.69, 9.17) is 17.3 Å². The summed E-state index contributed by atoms with van der Waals surface area (Å²) >= 11 is 5.68. The Balaban J connectivity index is 3.05. The molecule has 1 aromatic rings. The number of nitrogens with two attached hydrogens (primary N) is 1. The standard InChI is InChI=1S/C7H9ClN2OS/c1-10-12(11)5-2-3-6(8)7(9)4-5/h2-4,10H,9H2,1H3. The number of rotatable bonds is 2. The first-order valence-electron chi connectivity index (χ1n) is 3.29. The summed E-state index contributed by atoms with van der Waals surface area (Å²) in [6.07, 6.45) is 0. The zero-order valence-corrected chi connectivity index (χ0v) is 8.08. The van der Waals surface area contributed by atoms with Crippen LogP contribution in [0.5, 0.6) is 0 Å². The van der Waals surface area contributed by atoms with Crippen LogP contribution in [0, 0.1) is 0 Å². The summed E-state index contributed by atoms with van der Waals surface area (Å²) in [6, 6.07) is 4.89. The molecule has 1 atom stereocenters. The van der Waals surface area contributed by atoms with Crippen molar-refractivity contribution in [3.05, 3.63) is 23.2 Å². The molecule has 1 unspecified atom stereocenters. The second kappa shape index (κ2) is 3.89. The van der Waals surface area contributed by atoms with Crippen LogP contribution in [0.4, 0.5) is 5.69 Å². The topological polar surface area (TPSA) is 55.1 Å². The minimum atomic E-state index is -1.20. The van der Waals surface area contributed by atoms with Gasteiger partial charge in [0.05, 0.1) is 15.6 Å². The Bertz CT molecular complexity index is 316. The number of benzene rings is 1. The van der Waals surface area contributed by atoms with Crippen molar-refractivity contribution >= 4 is 28.3 Å². The fraction of sp³-hybridized carbons (Fsp3) is 0.143. The van der Waals surface area contributed by atoms with Gasteiger partial charge in [-0.3, -0.25) is 0 Å². The van der Waals surface area contributed by atoms with E-state index in [1.807, 2.05) is 0 Å². The van der Waals surface area contributed by atoms with Crippen LogP contribution in [0.1, 0.15) is 0 Å². The normalized spacial score (nSPS) is 12.8. The van der Waals surface area contributed by atoms with E-state index >= 15 is 0 Å². The maximum Gasteiger partial charge on any atom is 0.124 e. The summed E-state index contributed by atoms with van der Waals surface area (Å²) in [6.45, 7) is 0. The van der Waals surface area contributed by atoms with Crippen molar-refractivity contribution in [2.24, 2.45) is 0 Å². The SMILES string of the molecule is CNS(=O)c1ccc(Cl)c(N)c1. The number of hydrogen-bond acceptors (Lipinski definition) is 2. The van der Waals surface area contributed by atoms with Gasteiger partial charge in [-0.2, -0.15) is 0 Å². The van der Waals surface area contributed by atoms with Crippen LogP contribution in [-0.2, 0) is 11.0 Å². The fourth-order valence-electron chi connectivity index (χ4n) is 0.755. The predicted octanol–water partition coefficient (Wildman–Crippen LogP) is 1.16. The van der Waals surface area contributed by atoms with Gasteiger partial charge in [0.2, 0.25) is 0 Å². The highest BCUT2D eigenvalue weighted by atomic mass is 35.5. The lowest BCUT2D eigenvalue weighted by Crippen LogP contribution is -2.10. The monoisotopic (exact) mass is 204 g/mol. The minimum absolute atomic E-state index is 0.442. The highest BCUT2D eigenvalue weighted by Crippen LogP contribution is 2.20. The van der Waals surface area contributed by atoms with E-state index in [9.17, 15) is 4.21 Å². The van der Waals surface area contributed by atoms with E-state index in [1.54, 1.807) is 25.2 Å². The average molecular weight is 205 g/mol. The van der Waals surface area contributed by atoms with Gasteiger partial charge in [0, 0.05) is 0 Å². The maximum absolute atomic E-state index is 11.2. The molecule has 5 heteroatoms. The van der Waals surface area contributed by atoms with E-state index in [1.165, 1.54) is 0 Å². The number of halogens is 1. The van der Waals surface area contributed by atoms with Gasteiger partial charge in [0.15, 0.2) is 0 Å². The molecular formula is C7H9ClN2OS. The summed E-state index contributed by atoms with van der Waals surface area (Å²) in [7, 11) is 0.414. The molecule has 12 heavy (non-hydrogen) atoms. The van der Waals surface area contributed by atoms with Gasteiger partial charge < -0.3 is 5.73 Å². The van der Waals surface area contributed by atoms with Crippen LogP contribution in [0.3, 0.4) is 0 Å². The Labute approximate surface area is 78.5 Å². The number of hydrogen-bond donors (Lipinski definition) is 2. The molecular weight excluding hydrogens is 196 g/mol. The van der Waals surface area contributed by atoms with Crippen molar-refractivity contribution in [2.75, 3.05) is 12.8 Å². The van der Waals surface area contributed by atoms with Crippen LogP contribution in [0.2, 0.25) is 5.02 Å². The molecule has 1 rings (SSSR count). The third kappa shape index (κ3) is 1.97. The van der Waals surface area contributed by atoms with E-state index in [0.29, 0.717) is 15.6 Å². The summed E-state index contributed by atoms with van der Waals surface area (Å²) in [5.74, 6) is 0. The Morgan fingerprint density at radius 2 is 2.25 bits per heavy atom. The first-order chi connectivity index (χ1) is 5.65. The Hall–Kier alpha value is -0.580. The first kappa shape index (κ1) is 9.51. The molecule has 0 aliphatic carbocycles. The predicted molar refractivity (Wildman–Crippen MR) is 51.3 cm³/mol. The van der Waals surface area contributed by atoms with Gasteiger partial charge in [0.1, 0.15) is 11.0 Å². The van der Waals surface area contributed by atoms with Crippen LogP contribution < -0.4 is 10.5 Å². The van der Waals surface area contributed by atoms with Crippen LogP contribution in [0.25, 0.3) is 0 Å². The largest absolute Gasteiger partial charge is 0.397 e. The molecule has 0 saturated heterocycles. The van der Waals surface area contributed by atoms with Crippen LogP contribution in [-0.4, -0.2) is 11.3 Å². The molecule has 0 fully saturated rings. The van der Waals surface area contributed by atoms with Crippen LogP contribution in [0.15, 0.2) is 23.1 Å². The Morgan fingerprint density at radius 1 is 1.58 bits per heavy atom. The quantitative estimate of drug-likeness (QED) is 0.711. The van der Waals surface area contributed by atoms with Gasteiger partial charge in [-0.1, -0.05) is 11.6 Å². The lowest BCUT2D eigenvalue weighted by molar-refractivity contribution is 0.678. The lowest BCUT2D eigenvalue weighted by atomic mass is 10.3. The van der Waals surface area contributed by atoms with Gasteiger partial charge in [0.25, 0.3) is 0 Å². The van der Waals surface area contributed by atoms with Gasteiger partial charge >= 0.3 is 0 Å². The molecule has 0 amide bonds. The van der Waals surface area contributed by atoms with E-state index < -0.39 is 11.0 Å². The first-order valence-corrected chi connectivity index (χ1v) is 4.82. The van der Waals surface area contributed by atoms with Gasteiger partial charge in [-0.15, -0.1) is 0 Å². The Kier molecular flexibility index (Phi) is 3.08. The molecule has 0 aromatic heterocycles. The number of nitrogen functional groups attached to an aromatic ring is 1. The van der Waals surface area contributed by atoms with Crippen molar-refractivity contribution in [3.8, 4) is 0 Å². The molecule has 0 saturated carbocycles. The van der Waals surface area contributed by atoms with Crippen molar-refractivity contribution in [1.82, 2.24) is 4.72 Å². The summed E-state index contributed by atoms with van der Waals surface area (Å²) in [5, 5.41) is 0.479. The van der Waals surface area contributed by atoms with Crippen LogP contribution >= 0.6 is 11.6 Å². The molecule has 0 radical (unpaired) electrons. The minimum Gasteiger partial charge on any atom is -0.397 e. The Morgan fingerprint density at radius 3 is 2.75 bits per heavy atom. The molecule has 3 nitrogen and oxygen atoms in total. The number of anilines is 1. The zero-order valence-electron chi connectivity index (χ0n) is 6.50. The second-order valence-electron chi connectivity index (χ2n) is 2.16. The summed E-state index contributed by atoms with van der Waals surface area (Å²) in [5.41, 5.74) is 5.96. The molecule has 0 bridgehead atoms. The highest BCUT2D eigenvalue weighted by Gasteiger charge is 2.02. The number of nitrogens with one attached hydrogen (secondary N) is 1. The third-order valence-corrected chi connectivity index (χ3v) is 2.76. The average Bonchev–Trinajstić information content (AvgIpc) is 2.08. The molecule has 0 aliphatic heterocycles. The van der Waals surface area contributed by atoms with Crippen molar-refractivity contribution in [2.45, 2.75) is 4.90 Å². The van der Waals surface area contributed by atoms with Crippen molar-refractivity contribution in [1.29, 1.82) is 0 Å². The second-order valence-corrected chi connectivity index (χ2v) is 3.98. The van der Waals surface area contributed by atoms with Gasteiger partial charge in [-0.25, -0.2) is 8.93 Å². The molecule has 66 valence electrons. The molecule has 1 aromatic carbocycles. The van der Waals surface area contributed by atoms with E-state index in [-0.39, 0.29) is 0 Å². The van der Waals surface area contributed by atoms with E-state index in [2.05, 4.69) is 4.72 Å².